The smallest absolute Gasteiger partial charge is 0.287 e. The summed E-state index contributed by atoms with van der Waals surface area (Å²) >= 11 is 0. The maximum Gasteiger partial charge on any atom is 0.287 e. The second-order valence-electron chi connectivity index (χ2n) is 3.26. The molecular formula is C9H12N4O3. The number of carbonyl (C=O) groups is 1. The Labute approximate surface area is 91.8 Å². The van der Waals surface area contributed by atoms with Crippen molar-refractivity contribution in [3.05, 3.63) is 27.9 Å². The molecule has 1 rings (SSSR count). The van der Waals surface area contributed by atoms with E-state index in [1.807, 2.05) is 0 Å². The van der Waals surface area contributed by atoms with Crippen LogP contribution in [0.5, 0.6) is 0 Å². The molecule has 1 aromatic rings. The van der Waals surface area contributed by atoms with Crippen molar-refractivity contribution in [2.24, 2.45) is 5.73 Å². The fraction of sp³-hybridized carbons (Fsp3) is 0.333. The minimum absolute atomic E-state index is 0.0575. The van der Waals surface area contributed by atoms with Gasteiger partial charge >= 0.3 is 0 Å². The molecule has 16 heavy (non-hydrogen) atoms. The van der Waals surface area contributed by atoms with E-state index in [4.69, 9.17) is 5.73 Å². The second-order valence-corrected chi connectivity index (χ2v) is 3.26. The lowest BCUT2D eigenvalue weighted by Gasteiger charge is -2.06. The van der Waals surface area contributed by atoms with Gasteiger partial charge in [0.1, 0.15) is 12.0 Å². The Morgan fingerprint density at radius 2 is 2.38 bits per heavy atom. The molecule has 0 saturated carbocycles. The number of hydrogen-bond donors (Lipinski definition) is 2. The van der Waals surface area contributed by atoms with Crippen molar-refractivity contribution in [2.45, 2.75) is 13.3 Å². The van der Waals surface area contributed by atoms with Crippen molar-refractivity contribution in [3.63, 3.8) is 0 Å². The molecule has 0 aliphatic carbocycles. The fourth-order valence-electron chi connectivity index (χ4n) is 1.15. The van der Waals surface area contributed by atoms with Crippen LogP contribution in [-0.4, -0.2) is 22.4 Å². The third kappa shape index (κ3) is 3.19. The SMILES string of the molecule is Cc1cc([N+](=O)[O-])cnc1NCCC(N)=O. The zero-order valence-corrected chi connectivity index (χ0v) is 8.77. The van der Waals surface area contributed by atoms with Crippen molar-refractivity contribution < 1.29 is 9.72 Å². The van der Waals surface area contributed by atoms with E-state index >= 15 is 0 Å². The molecule has 0 saturated heterocycles. The third-order valence-corrected chi connectivity index (χ3v) is 1.94. The summed E-state index contributed by atoms with van der Waals surface area (Å²) in [6, 6.07) is 1.42. The first-order valence-corrected chi connectivity index (χ1v) is 4.64. The van der Waals surface area contributed by atoms with E-state index in [0.717, 1.165) is 0 Å². The highest BCUT2D eigenvalue weighted by Gasteiger charge is 2.09. The van der Waals surface area contributed by atoms with Crippen molar-refractivity contribution >= 4 is 17.4 Å². The monoisotopic (exact) mass is 224 g/mol. The summed E-state index contributed by atoms with van der Waals surface area (Å²) in [5, 5.41) is 13.3. The average Bonchev–Trinajstić information content (AvgIpc) is 2.19. The Hall–Kier alpha value is -2.18. The normalized spacial score (nSPS) is 9.81. The molecule has 0 atom stereocenters. The van der Waals surface area contributed by atoms with Crippen molar-refractivity contribution in [1.29, 1.82) is 0 Å². The number of rotatable bonds is 5. The second kappa shape index (κ2) is 5.06. The van der Waals surface area contributed by atoms with Gasteiger partial charge in [0.15, 0.2) is 0 Å². The van der Waals surface area contributed by atoms with Gasteiger partial charge in [0.25, 0.3) is 5.69 Å². The molecule has 0 fully saturated rings. The lowest BCUT2D eigenvalue weighted by molar-refractivity contribution is -0.385. The van der Waals surface area contributed by atoms with Crippen LogP contribution in [0.3, 0.4) is 0 Å². The molecule has 0 aliphatic rings. The molecule has 0 spiro atoms. The number of aromatic nitrogens is 1. The Morgan fingerprint density at radius 3 is 2.88 bits per heavy atom. The third-order valence-electron chi connectivity index (χ3n) is 1.94. The van der Waals surface area contributed by atoms with Crippen molar-refractivity contribution in [3.8, 4) is 0 Å². The van der Waals surface area contributed by atoms with Gasteiger partial charge < -0.3 is 11.1 Å². The number of nitrogens with two attached hydrogens (primary N) is 1. The van der Waals surface area contributed by atoms with Crippen LogP contribution in [0, 0.1) is 17.0 Å². The molecule has 3 N–H and O–H groups in total. The first kappa shape index (κ1) is 11.9. The maximum absolute atomic E-state index is 10.5. The van der Waals surface area contributed by atoms with E-state index in [1.54, 1.807) is 6.92 Å². The molecule has 0 unspecified atom stereocenters. The zero-order chi connectivity index (χ0) is 12.1. The summed E-state index contributed by atoms with van der Waals surface area (Å²) in [5.41, 5.74) is 5.56. The highest BCUT2D eigenvalue weighted by Crippen LogP contribution is 2.17. The summed E-state index contributed by atoms with van der Waals surface area (Å²) in [6.45, 7) is 2.06. The molecule has 0 radical (unpaired) electrons. The summed E-state index contributed by atoms with van der Waals surface area (Å²) < 4.78 is 0. The number of primary amides is 1. The van der Waals surface area contributed by atoms with Crippen molar-refractivity contribution in [1.82, 2.24) is 4.98 Å². The van der Waals surface area contributed by atoms with Crippen LogP contribution in [0.25, 0.3) is 0 Å². The topological polar surface area (TPSA) is 111 Å². The van der Waals surface area contributed by atoms with Crippen LogP contribution in [0.1, 0.15) is 12.0 Å². The molecule has 0 aromatic carbocycles. The Kier molecular flexibility index (Phi) is 3.76. The number of anilines is 1. The largest absolute Gasteiger partial charge is 0.370 e. The van der Waals surface area contributed by atoms with Crippen molar-refractivity contribution in [2.75, 3.05) is 11.9 Å². The molecule has 86 valence electrons. The van der Waals surface area contributed by atoms with Gasteiger partial charge in [-0.2, -0.15) is 0 Å². The van der Waals surface area contributed by atoms with Gasteiger partial charge in [-0.3, -0.25) is 14.9 Å². The number of pyridine rings is 1. The molecule has 7 heteroatoms. The predicted molar refractivity (Wildman–Crippen MR) is 57.9 cm³/mol. The van der Waals surface area contributed by atoms with Crippen LogP contribution >= 0.6 is 0 Å². The van der Waals surface area contributed by atoms with Gasteiger partial charge in [0.05, 0.1) is 4.92 Å². The number of carbonyl (C=O) groups excluding carboxylic acids is 1. The minimum Gasteiger partial charge on any atom is -0.370 e. The Balaban J connectivity index is 2.68. The molecule has 0 bridgehead atoms. The van der Waals surface area contributed by atoms with Gasteiger partial charge in [0.2, 0.25) is 5.91 Å². The molecular weight excluding hydrogens is 212 g/mol. The Morgan fingerprint density at radius 1 is 1.69 bits per heavy atom. The summed E-state index contributed by atoms with van der Waals surface area (Å²) in [4.78, 5) is 24.3. The number of nitrogens with zero attached hydrogens (tertiary/aromatic N) is 2. The van der Waals surface area contributed by atoms with Gasteiger partial charge in [0, 0.05) is 19.0 Å². The minimum atomic E-state index is -0.507. The molecule has 7 nitrogen and oxygen atoms in total. The van der Waals surface area contributed by atoms with Gasteiger partial charge in [-0.15, -0.1) is 0 Å². The van der Waals surface area contributed by atoms with Gasteiger partial charge in [-0.25, -0.2) is 4.98 Å². The number of nitro groups is 1. The van der Waals surface area contributed by atoms with E-state index in [0.29, 0.717) is 17.9 Å². The number of nitrogens with one attached hydrogen (secondary N) is 1. The highest BCUT2D eigenvalue weighted by atomic mass is 16.6. The number of aryl methyl sites for hydroxylation is 1. The average molecular weight is 224 g/mol. The van der Waals surface area contributed by atoms with Crippen LogP contribution in [-0.2, 0) is 4.79 Å². The lowest BCUT2D eigenvalue weighted by atomic mass is 10.2. The molecule has 1 amide bonds. The summed E-state index contributed by atoms with van der Waals surface area (Å²) in [5.74, 6) is 0.110. The van der Waals surface area contributed by atoms with Gasteiger partial charge in [-0.1, -0.05) is 0 Å². The zero-order valence-electron chi connectivity index (χ0n) is 8.77. The summed E-state index contributed by atoms with van der Waals surface area (Å²) in [6.07, 6.45) is 1.36. The van der Waals surface area contributed by atoms with Crippen LogP contribution < -0.4 is 11.1 Å². The van der Waals surface area contributed by atoms with Crippen LogP contribution in [0.2, 0.25) is 0 Å². The van der Waals surface area contributed by atoms with E-state index in [-0.39, 0.29) is 12.1 Å². The van der Waals surface area contributed by atoms with E-state index in [1.165, 1.54) is 12.3 Å². The molecule has 1 heterocycles. The summed E-state index contributed by atoms with van der Waals surface area (Å²) in [7, 11) is 0. The maximum atomic E-state index is 10.5. The van der Waals surface area contributed by atoms with Crippen LogP contribution in [0.15, 0.2) is 12.3 Å². The predicted octanol–water partition coefficient (Wildman–Crippen LogP) is 0.586. The van der Waals surface area contributed by atoms with Crippen LogP contribution in [0.4, 0.5) is 11.5 Å². The fourth-order valence-corrected chi connectivity index (χ4v) is 1.15. The lowest BCUT2D eigenvalue weighted by Crippen LogP contribution is -2.16. The molecule has 0 aliphatic heterocycles. The Bertz CT molecular complexity index is 419. The van der Waals surface area contributed by atoms with E-state index in [2.05, 4.69) is 10.3 Å². The quantitative estimate of drug-likeness (QED) is 0.561. The van der Waals surface area contributed by atoms with E-state index < -0.39 is 10.8 Å². The first-order chi connectivity index (χ1) is 7.50. The number of hydrogen-bond acceptors (Lipinski definition) is 5. The standard InChI is InChI=1S/C9H12N4O3/c1-6-4-7(13(15)16)5-12-9(6)11-3-2-8(10)14/h4-5H,2-3H2,1H3,(H2,10,14)(H,11,12). The van der Waals surface area contributed by atoms with Gasteiger partial charge in [-0.05, 0) is 12.5 Å². The highest BCUT2D eigenvalue weighted by molar-refractivity contribution is 5.74. The first-order valence-electron chi connectivity index (χ1n) is 4.64. The number of amides is 1. The van der Waals surface area contributed by atoms with E-state index in [9.17, 15) is 14.9 Å². The molecule has 1 aromatic heterocycles.